The van der Waals surface area contributed by atoms with Crippen molar-refractivity contribution in [1.29, 1.82) is 0 Å². The zero-order chi connectivity index (χ0) is 49.3. The SMILES string of the molecule is CC.CCCN(Cc1ccc(OC)c(C)c1)C(=O)C1C(c2ccc(CCCOc3c(F)ccc(F)c3Cl)cc2)CC23CP(C)CC2N(C(=O)OCCCCO[N+](=O)[O-])C13.COC(=O)CNC=O. The third-order valence-electron chi connectivity index (χ3n) is 12.2. The number of esters is 1. The van der Waals surface area contributed by atoms with Crippen LogP contribution in [-0.4, -0.2) is 117 Å². The summed E-state index contributed by atoms with van der Waals surface area (Å²) in [4.78, 5) is 67.5. The van der Waals surface area contributed by atoms with Crippen LogP contribution in [0.15, 0.2) is 54.6 Å². The van der Waals surface area contributed by atoms with Crippen LogP contribution in [0.4, 0.5) is 13.6 Å². The van der Waals surface area contributed by atoms with E-state index in [1.807, 2.05) is 54.8 Å². The molecule has 368 valence electrons. The number of rotatable bonds is 21. The molecule has 19 heteroatoms. The fourth-order valence-electron chi connectivity index (χ4n) is 9.48. The van der Waals surface area contributed by atoms with Gasteiger partial charge in [0.1, 0.15) is 23.1 Å². The second-order valence-corrected chi connectivity index (χ2v) is 19.3. The molecule has 6 rings (SSSR count). The summed E-state index contributed by atoms with van der Waals surface area (Å²) in [5, 5.41) is 11.5. The lowest BCUT2D eigenvalue weighted by molar-refractivity contribution is -0.757. The van der Waals surface area contributed by atoms with E-state index in [0.717, 1.165) is 65.3 Å². The number of amides is 3. The number of carbonyl (C=O) groups excluding carboxylic acids is 4. The summed E-state index contributed by atoms with van der Waals surface area (Å²) < 4.78 is 49.0. The molecule has 1 N–H and O–H groups in total. The number of unbranched alkanes of at least 4 members (excludes halogenated alkanes) is 1. The largest absolute Gasteiger partial charge is 0.496 e. The third-order valence-corrected chi connectivity index (χ3v) is 14.7. The van der Waals surface area contributed by atoms with Gasteiger partial charge >= 0.3 is 12.1 Å². The maximum absolute atomic E-state index is 15.2. The molecule has 0 aromatic heterocycles. The molecule has 3 aromatic carbocycles. The van der Waals surface area contributed by atoms with Gasteiger partial charge in [0.25, 0.3) is 5.09 Å². The lowest BCUT2D eigenvalue weighted by Crippen LogP contribution is -2.73. The maximum Gasteiger partial charge on any atom is 0.410 e. The van der Waals surface area contributed by atoms with Gasteiger partial charge in [0.2, 0.25) is 12.3 Å². The van der Waals surface area contributed by atoms with Crippen LogP contribution in [0, 0.1) is 40.0 Å². The van der Waals surface area contributed by atoms with Gasteiger partial charge in [-0.1, -0.05) is 68.8 Å². The van der Waals surface area contributed by atoms with Crippen molar-refractivity contribution in [3.8, 4) is 11.5 Å². The van der Waals surface area contributed by atoms with E-state index in [9.17, 15) is 33.3 Å². The molecule has 2 saturated heterocycles. The number of nitrogens with zero attached hydrogens (tertiary/aromatic N) is 3. The first-order chi connectivity index (χ1) is 32.2. The highest BCUT2D eigenvalue weighted by Gasteiger charge is 2.74. The van der Waals surface area contributed by atoms with Crippen molar-refractivity contribution in [2.75, 3.05) is 66.1 Å². The first kappa shape index (κ1) is 54.3. The highest BCUT2D eigenvalue weighted by Crippen LogP contribution is 2.70. The summed E-state index contributed by atoms with van der Waals surface area (Å²) in [5.74, 6) is -2.05. The van der Waals surface area contributed by atoms with Gasteiger partial charge in [-0.25, -0.2) is 13.6 Å². The molecule has 3 fully saturated rings. The average molecular weight is 977 g/mol. The molecule has 15 nitrogen and oxygen atoms in total. The fraction of sp³-hybridized carbons (Fsp3) is 0.542. The fourth-order valence-corrected chi connectivity index (χ4v) is 12.5. The number of hydrogen-bond acceptors (Lipinski definition) is 11. The smallest absolute Gasteiger partial charge is 0.410 e. The Morgan fingerprint density at radius 3 is 2.34 bits per heavy atom. The Balaban J connectivity index is 0.000000887. The molecule has 1 spiro atoms. The third kappa shape index (κ3) is 13.7. The number of likely N-dealkylation sites (tertiary alicyclic amines) is 1. The van der Waals surface area contributed by atoms with Gasteiger partial charge in [-0.3, -0.25) is 19.3 Å². The average Bonchev–Trinajstić information content (AvgIpc) is 3.75. The van der Waals surface area contributed by atoms with E-state index in [4.69, 9.17) is 25.8 Å². The van der Waals surface area contributed by atoms with Gasteiger partial charge < -0.3 is 34.0 Å². The van der Waals surface area contributed by atoms with Gasteiger partial charge in [0.05, 0.1) is 46.0 Å². The summed E-state index contributed by atoms with van der Waals surface area (Å²) in [6, 6.07) is 15.8. The van der Waals surface area contributed by atoms with Crippen LogP contribution < -0.4 is 14.8 Å². The number of carbonyl (C=O) groups is 4. The number of methoxy groups -OCH3 is 2. The van der Waals surface area contributed by atoms with Crippen LogP contribution in [0.1, 0.15) is 81.0 Å². The Morgan fingerprint density at radius 2 is 1.70 bits per heavy atom. The standard InChI is InChI=1S/C42H51ClF2N3O8P.C4H7NO3.C2H6/c1-5-18-46(24-29-12-17-34(53-3)27(2)22-29)40(49)36-31(30-13-10-28(11-14-30)9-8-20-54-38-33(45)16-15-32(44)37(38)43)23-42-26-57(4)25-35(42)47(39(36)42)41(50)55-19-6-7-21-56-48(51)52;1-8-4(7)2-5-3-6;1-2/h10-17,22,31,35-36,39H,5-9,18-21,23-26H2,1-4H3;3H,2H2,1H3,(H,5,6);1-2H3. The monoisotopic (exact) mass is 976 g/mol. The Bertz CT molecular complexity index is 2140. The zero-order valence-corrected chi connectivity index (χ0v) is 41.0. The van der Waals surface area contributed by atoms with E-state index < -0.39 is 34.7 Å². The summed E-state index contributed by atoms with van der Waals surface area (Å²) >= 11 is 5.92. The first-order valence-corrected chi connectivity index (χ1v) is 25.1. The first-order valence-electron chi connectivity index (χ1n) is 22.6. The number of halogens is 3. The van der Waals surface area contributed by atoms with Gasteiger partial charge in [0, 0.05) is 24.5 Å². The van der Waals surface area contributed by atoms with Gasteiger partial charge in [0.15, 0.2) is 11.6 Å². The topological polar surface area (TPSA) is 176 Å². The molecule has 2 aliphatic heterocycles. The van der Waals surface area contributed by atoms with E-state index in [0.29, 0.717) is 45.2 Å². The molecule has 0 radical (unpaired) electrons. The minimum Gasteiger partial charge on any atom is -0.496 e. The minimum absolute atomic E-state index is 0.0159. The Morgan fingerprint density at radius 1 is 1.01 bits per heavy atom. The minimum atomic E-state index is -0.834. The maximum atomic E-state index is 15.2. The van der Waals surface area contributed by atoms with Crippen molar-refractivity contribution in [2.24, 2.45) is 11.3 Å². The van der Waals surface area contributed by atoms with Gasteiger partial charge in [-0.2, -0.15) is 0 Å². The number of aryl methyl sites for hydroxylation is 2. The van der Waals surface area contributed by atoms with Crippen LogP contribution in [0.5, 0.6) is 11.5 Å². The van der Waals surface area contributed by atoms with Crippen LogP contribution in [0.3, 0.4) is 0 Å². The van der Waals surface area contributed by atoms with Crippen LogP contribution in [0.2, 0.25) is 5.02 Å². The van der Waals surface area contributed by atoms with Gasteiger partial charge in [-0.05, 0) is 111 Å². The van der Waals surface area contributed by atoms with Crippen molar-refractivity contribution in [1.82, 2.24) is 15.1 Å². The predicted molar refractivity (Wildman–Crippen MR) is 251 cm³/mol. The molecule has 6 atom stereocenters. The van der Waals surface area contributed by atoms with E-state index >= 15 is 4.79 Å². The van der Waals surface area contributed by atoms with E-state index in [1.54, 1.807) is 7.11 Å². The van der Waals surface area contributed by atoms with Crippen molar-refractivity contribution in [3.63, 3.8) is 0 Å². The molecular weight excluding hydrogens is 913 g/mol. The molecule has 3 amide bonds. The lowest BCUT2D eigenvalue weighted by atomic mass is 9.67. The molecular formula is C48H64ClF2N4O11P. The number of nitrogens with one attached hydrogen (secondary N) is 1. The summed E-state index contributed by atoms with van der Waals surface area (Å²) in [6.45, 7) is 11.4. The number of ether oxygens (including phenoxy) is 4. The second kappa shape index (κ2) is 26.3. The van der Waals surface area contributed by atoms with E-state index in [-0.39, 0.29) is 74.4 Å². The number of benzene rings is 3. The highest BCUT2D eigenvalue weighted by molar-refractivity contribution is 7.57. The van der Waals surface area contributed by atoms with Crippen molar-refractivity contribution in [2.45, 2.75) is 90.8 Å². The molecule has 1 saturated carbocycles. The van der Waals surface area contributed by atoms with Crippen LogP contribution >= 0.6 is 19.5 Å². The quantitative estimate of drug-likeness (QED) is 0.0206. The molecule has 2 heterocycles. The second-order valence-electron chi connectivity index (χ2n) is 16.5. The highest BCUT2D eigenvalue weighted by atomic mass is 35.5. The molecule has 67 heavy (non-hydrogen) atoms. The summed E-state index contributed by atoms with van der Waals surface area (Å²) in [6.07, 6.45) is 5.36. The summed E-state index contributed by atoms with van der Waals surface area (Å²) in [5.41, 5.74) is 3.84. The Hall–Kier alpha value is -5.28. The van der Waals surface area contributed by atoms with E-state index in [2.05, 4.69) is 46.7 Å². The Labute approximate surface area is 398 Å². The molecule has 0 bridgehead atoms. The molecule has 1 aliphatic carbocycles. The molecule has 3 aliphatic rings. The molecule has 6 unspecified atom stereocenters. The zero-order valence-electron chi connectivity index (χ0n) is 39.4. The number of hydrogen-bond donors (Lipinski definition) is 1. The van der Waals surface area contributed by atoms with Gasteiger partial charge in [-0.15, -0.1) is 18.0 Å². The van der Waals surface area contributed by atoms with E-state index in [1.165, 1.54) is 7.11 Å². The Kier molecular flexibility index (Phi) is 21.3. The van der Waals surface area contributed by atoms with Crippen molar-refractivity contribution in [3.05, 3.63) is 104 Å². The van der Waals surface area contributed by atoms with Crippen LogP contribution in [-0.2, 0) is 41.7 Å². The molecule has 3 aromatic rings. The lowest BCUT2D eigenvalue weighted by Gasteiger charge is -2.58. The van der Waals surface area contributed by atoms with Crippen molar-refractivity contribution >= 4 is 43.9 Å². The normalized spacial score (nSPS) is 20.8. The van der Waals surface area contributed by atoms with Crippen molar-refractivity contribution < 1.29 is 56.8 Å². The van der Waals surface area contributed by atoms with Crippen LogP contribution in [0.25, 0.3) is 0 Å². The predicted octanol–water partition coefficient (Wildman–Crippen LogP) is 8.71. The summed E-state index contributed by atoms with van der Waals surface area (Å²) in [7, 11) is 2.53.